The van der Waals surface area contributed by atoms with E-state index < -0.39 is 6.04 Å². The Morgan fingerprint density at radius 1 is 1.09 bits per heavy atom. The number of benzene rings is 2. The summed E-state index contributed by atoms with van der Waals surface area (Å²) in [6.07, 6.45) is 4.65. The van der Waals surface area contributed by atoms with Gasteiger partial charge in [-0.25, -0.2) is 4.98 Å². The summed E-state index contributed by atoms with van der Waals surface area (Å²) in [5.74, 6) is -0.227. The van der Waals surface area contributed by atoms with Crippen molar-refractivity contribution in [1.29, 1.82) is 0 Å². The number of carbonyl (C=O) groups excluding carboxylic acids is 2. The molecule has 1 heterocycles. The fourth-order valence-electron chi connectivity index (χ4n) is 4.10. The Bertz CT molecular complexity index is 1010. The Labute approximate surface area is 194 Å². The summed E-state index contributed by atoms with van der Waals surface area (Å²) in [4.78, 5) is 30.8. The van der Waals surface area contributed by atoms with Crippen LogP contribution in [0.2, 0.25) is 0 Å². The van der Waals surface area contributed by atoms with Crippen LogP contribution < -0.4 is 11.1 Å². The molecule has 1 aliphatic rings. The lowest BCUT2D eigenvalue weighted by Gasteiger charge is -2.26. The molecular formula is C26H33N3O2S. The van der Waals surface area contributed by atoms with Crippen molar-refractivity contribution in [2.24, 2.45) is 11.7 Å². The van der Waals surface area contributed by atoms with Crippen LogP contribution in [0.3, 0.4) is 0 Å². The van der Waals surface area contributed by atoms with Crippen LogP contribution in [0.1, 0.15) is 60.5 Å². The summed E-state index contributed by atoms with van der Waals surface area (Å²) in [5.41, 5.74) is 9.02. The van der Waals surface area contributed by atoms with Crippen LogP contribution in [0.5, 0.6) is 0 Å². The highest BCUT2D eigenvalue weighted by Gasteiger charge is 2.29. The molecule has 1 amide bonds. The van der Waals surface area contributed by atoms with E-state index in [9.17, 15) is 9.59 Å². The third kappa shape index (κ3) is 5.81. The summed E-state index contributed by atoms with van der Waals surface area (Å²) >= 11 is 1.39. The topological polar surface area (TPSA) is 85.1 Å². The summed E-state index contributed by atoms with van der Waals surface area (Å²) < 4.78 is 0.983. The second-order valence-electron chi connectivity index (χ2n) is 7.91. The molecule has 170 valence electrons. The van der Waals surface area contributed by atoms with Gasteiger partial charge in [-0.2, -0.15) is 0 Å². The number of nitrogens with zero attached hydrogens (tertiary/aromatic N) is 1. The maximum absolute atomic E-state index is 13.2. The van der Waals surface area contributed by atoms with Crippen molar-refractivity contribution in [2.45, 2.75) is 58.4 Å². The Morgan fingerprint density at radius 3 is 2.56 bits per heavy atom. The van der Waals surface area contributed by atoms with E-state index in [2.05, 4.69) is 22.4 Å². The zero-order chi connectivity index (χ0) is 22.9. The number of unbranched alkanes of at least 4 members (excludes halogenated alkanes) is 1. The number of aromatic nitrogens is 1. The lowest BCUT2D eigenvalue weighted by Crippen LogP contribution is -2.44. The Balaban J connectivity index is 0.00000141. The van der Waals surface area contributed by atoms with E-state index in [-0.39, 0.29) is 17.6 Å². The molecule has 0 bridgehead atoms. The highest BCUT2D eigenvalue weighted by molar-refractivity contribution is 7.20. The normalized spacial score (nSPS) is 15.9. The minimum Gasteiger partial charge on any atom is -0.346 e. The van der Waals surface area contributed by atoms with Gasteiger partial charge in [0.2, 0.25) is 11.7 Å². The Hall–Kier alpha value is -2.57. The molecule has 5 nitrogen and oxygen atoms in total. The molecule has 6 heteroatoms. The predicted molar refractivity (Wildman–Crippen MR) is 132 cm³/mol. The molecule has 0 fully saturated rings. The van der Waals surface area contributed by atoms with Gasteiger partial charge in [-0.1, -0.05) is 50.2 Å². The molecule has 0 saturated heterocycles. The average molecular weight is 452 g/mol. The zero-order valence-electron chi connectivity index (χ0n) is 19.0. The van der Waals surface area contributed by atoms with E-state index in [1.54, 1.807) is 0 Å². The molecule has 0 spiro atoms. The summed E-state index contributed by atoms with van der Waals surface area (Å²) in [6, 6.07) is 15.5. The van der Waals surface area contributed by atoms with E-state index in [1.807, 2.05) is 50.2 Å². The van der Waals surface area contributed by atoms with E-state index in [0.717, 1.165) is 42.3 Å². The van der Waals surface area contributed by atoms with Crippen molar-refractivity contribution >= 4 is 33.2 Å². The molecule has 32 heavy (non-hydrogen) atoms. The van der Waals surface area contributed by atoms with Crippen LogP contribution in [0, 0.1) is 5.92 Å². The van der Waals surface area contributed by atoms with E-state index >= 15 is 0 Å². The van der Waals surface area contributed by atoms with Gasteiger partial charge in [0.25, 0.3) is 0 Å². The van der Waals surface area contributed by atoms with Crippen molar-refractivity contribution in [2.75, 3.05) is 6.54 Å². The number of aryl methyl sites for hydroxylation is 1. The molecule has 0 saturated carbocycles. The molecule has 3 N–H and O–H groups in total. The third-order valence-corrected chi connectivity index (χ3v) is 6.85. The summed E-state index contributed by atoms with van der Waals surface area (Å²) in [6.45, 7) is 4.58. The number of nitrogens with one attached hydrogen (secondary N) is 1. The Kier molecular flexibility index (Phi) is 8.94. The highest BCUT2D eigenvalue weighted by atomic mass is 32.1. The van der Waals surface area contributed by atoms with Crippen LogP contribution in [-0.2, 0) is 17.6 Å². The van der Waals surface area contributed by atoms with Gasteiger partial charge in [0.15, 0.2) is 5.01 Å². The van der Waals surface area contributed by atoms with Gasteiger partial charge in [0.05, 0.1) is 16.3 Å². The molecule has 4 rings (SSSR count). The fraction of sp³-hybridized carbons (Fsp3) is 0.423. The first kappa shape index (κ1) is 24.1. The largest absolute Gasteiger partial charge is 0.346 e. The van der Waals surface area contributed by atoms with Crippen molar-refractivity contribution in [3.05, 3.63) is 64.7 Å². The highest BCUT2D eigenvalue weighted by Crippen LogP contribution is 2.27. The fourth-order valence-corrected chi connectivity index (χ4v) is 5.06. The maximum Gasteiger partial charge on any atom is 0.224 e. The van der Waals surface area contributed by atoms with Crippen molar-refractivity contribution in [1.82, 2.24) is 10.3 Å². The van der Waals surface area contributed by atoms with Gasteiger partial charge in [-0.05, 0) is 68.3 Å². The second kappa shape index (κ2) is 11.9. The van der Waals surface area contributed by atoms with Crippen LogP contribution >= 0.6 is 11.3 Å². The number of para-hydroxylation sites is 1. The average Bonchev–Trinajstić information content (AvgIpc) is 3.28. The van der Waals surface area contributed by atoms with E-state index in [4.69, 9.17) is 5.73 Å². The van der Waals surface area contributed by atoms with Crippen LogP contribution in [0.15, 0.2) is 48.5 Å². The molecule has 2 atom stereocenters. The first-order valence-electron chi connectivity index (χ1n) is 11.6. The monoisotopic (exact) mass is 451 g/mol. The Morgan fingerprint density at radius 2 is 1.81 bits per heavy atom. The second-order valence-corrected chi connectivity index (χ2v) is 8.94. The maximum atomic E-state index is 13.2. The minimum atomic E-state index is -0.554. The number of hydrogen-bond acceptors (Lipinski definition) is 5. The molecule has 1 aliphatic carbocycles. The van der Waals surface area contributed by atoms with Gasteiger partial charge in [0.1, 0.15) is 0 Å². The lowest BCUT2D eigenvalue weighted by molar-refractivity contribution is -0.125. The van der Waals surface area contributed by atoms with Crippen LogP contribution in [-0.4, -0.2) is 29.3 Å². The lowest BCUT2D eigenvalue weighted by atomic mass is 9.83. The number of rotatable bonds is 8. The zero-order valence-corrected chi connectivity index (χ0v) is 19.8. The van der Waals surface area contributed by atoms with E-state index in [1.165, 1.54) is 22.5 Å². The SMILES string of the molecule is CC.NCCCCC(NC(=O)C1CCc2ccccc2C1)C(=O)c1nc2ccccc2s1. The van der Waals surface area contributed by atoms with Crippen molar-refractivity contribution in [3.63, 3.8) is 0 Å². The van der Waals surface area contributed by atoms with Gasteiger partial charge < -0.3 is 11.1 Å². The summed E-state index contributed by atoms with van der Waals surface area (Å²) in [5, 5.41) is 3.52. The van der Waals surface area contributed by atoms with Gasteiger partial charge in [-0.15, -0.1) is 11.3 Å². The number of nitrogens with two attached hydrogens (primary N) is 1. The number of Topliss-reactive ketones (excluding diaryl/α,β-unsaturated/α-hetero) is 1. The number of carbonyl (C=O) groups is 2. The number of fused-ring (bicyclic) bond motifs is 2. The van der Waals surface area contributed by atoms with Crippen molar-refractivity contribution in [3.8, 4) is 0 Å². The molecule has 1 aromatic heterocycles. The molecule has 2 unspecified atom stereocenters. The van der Waals surface area contributed by atoms with Crippen molar-refractivity contribution < 1.29 is 9.59 Å². The molecular weight excluding hydrogens is 418 g/mol. The number of hydrogen-bond donors (Lipinski definition) is 2. The smallest absolute Gasteiger partial charge is 0.224 e. The van der Waals surface area contributed by atoms with E-state index in [0.29, 0.717) is 18.0 Å². The third-order valence-electron chi connectivity index (χ3n) is 5.80. The minimum absolute atomic E-state index is 0.0308. The van der Waals surface area contributed by atoms with Crippen LogP contribution in [0.25, 0.3) is 10.2 Å². The molecule has 2 aromatic carbocycles. The van der Waals surface area contributed by atoms with Gasteiger partial charge in [-0.3, -0.25) is 9.59 Å². The first-order valence-corrected chi connectivity index (χ1v) is 12.4. The first-order chi connectivity index (χ1) is 15.7. The van der Waals surface area contributed by atoms with Gasteiger partial charge in [0, 0.05) is 5.92 Å². The van der Waals surface area contributed by atoms with Crippen LogP contribution in [0.4, 0.5) is 0 Å². The predicted octanol–water partition coefficient (Wildman–Crippen LogP) is 4.92. The molecule has 3 aromatic rings. The molecule has 0 radical (unpaired) electrons. The number of amides is 1. The number of thiazole rings is 1. The number of ketones is 1. The van der Waals surface area contributed by atoms with Gasteiger partial charge >= 0.3 is 0 Å². The standard InChI is InChI=1S/C24H27N3O2S.C2H6/c25-14-6-5-10-20(22(28)24-27-19-9-3-4-11-21(19)30-24)26-23(29)18-13-12-16-7-1-2-8-17(16)15-18;1-2/h1-4,7-9,11,18,20H,5-6,10,12-15,25H2,(H,26,29);1-2H3. The quantitative estimate of drug-likeness (QED) is 0.376. The summed E-state index contributed by atoms with van der Waals surface area (Å²) in [7, 11) is 0. The molecule has 0 aliphatic heterocycles.